The number of amides is 1. The minimum Gasteiger partial charge on any atom is -0.378 e. The summed E-state index contributed by atoms with van der Waals surface area (Å²) in [5.74, 6) is 1.13. The van der Waals surface area contributed by atoms with Crippen molar-refractivity contribution >= 4 is 11.6 Å². The van der Waals surface area contributed by atoms with Gasteiger partial charge in [-0.15, -0.1) is 0 Å². The lowest BCUT2D eigenvalue weighted by Gasteiger charge is -2.18. The maximum atomic E-state index is 12.1. The van der Waals surface area contributed by atoms with Crippen LogP contribution in [0.3, 0.4) is 0 Å². The zero-order valence-corrected chi connectivity index (χ0v) is 12.4. The molecule has 1 amide bonds. The molecule has 1 aromatic carbocycles. The van der Waals surface area contributed by atoms with Crippen LogP contribution >= 0.6 is 0 Å². The molecule has 0 aromatic heterocycles. The Bertz CT molecular complexity index is 442. The summed E-state index contributed by atoms with van der Waals surface area (Å²) in [4.78, 5) is 14.1. The van der Waals surface area contributed by atoms with Gasteiger partial charge in [0.05, 0.1) is 0 Å². The molecular weight excluding hydrogens is 250 g/mol. The van der Waals surface area contributed by atoms with Crippen molar-refractivity contribution in [3.63, 3.8) is 0 Å². The Morgan fingerprint density at radius 2 is 1.90 bits per heavy atom. The van der Waals surface area contributed by atoms with Crippen LogP contribution in [0.1, 0.15) is 29.6 Å². The number of anilines is 1. The second-order valence-electron chi connectivity index (χ2n) is 5.84. The first-order chi connectivity index (χ1) is 9.61. The highest BCUT2D eigenvalue weighted by Gasteiger charge is 2.26. The molecule has 0 radical (unpaired) electrons. The van der Waals surface area contributed by atoms with E-state index in [4.69, 9.17) is 5.73 Å². The molecular formula is C16H25N3O. The summed E-state index contributed by atoms with van der Waals surface area (Å²) in [6.45, 7) is 1.48. The van der Waals surface area contributed by atoms with Crippen molar-refractivity contribution in [2.45, 2.75) is 19.3 Å². The highest BCUT2D eigenvalue weighted by Crippen LogP contribution is 2.30. The first kappa shape index (κ1) is 14.9. The van der Waals surface area contributed by atoms with Crippen LogP contribution in [0, 0.1) is 11.8 Å². The van der Waals surface area contributed by atoms with Gasteiger partial charge >= 0.3 is 0 Å². The van der Waals surface area contributed by atoms with Crippen LogP contribution in [0.2, 0.25) is 0 Å². The molecule has 1 saturated carbocycles. The second-order valence-corrected chi connectivity index (χ2v) is 5.84. The largest absolute Gasteiger partial charge is 0.378 e. The average Bonchev–Trinajstić information content (AvgIpc) is 2.92. The summed E-state index contributed by atoms with van der Waals surface area (Å²) in [6, 6.07) is 7.68. The Morgan fingerprint density at radius 3 is 2.50 bits per heavy atom. The van der Waals surface area contributed by atoms with E-state index in [1.165, 1.54) is 19.3 Å². The van der Waals surface area contributed by atoms with Crippen molar-refractivity contribution in [1.82, 2.24) is 5.32 Å². The molecule has 3 N–H and O–H groups in total. The fourth-order valence-corrected chi connectivity index (χ4v) is 2.93. The summed E-state index contributed by atoms with van der Waals surface area (Å²) < 4.78 is 0. The van der Waals surface area contributed by atoms with Crippen LogP contribution in [0.4, 0.5) is 5.69 Å². The van der Waals surface area contributed by atoms with Gasteiger partial charge in [0.15, 0.2) is 0 Å². The third-order valence-electron chi connectivity index (χ3n) is 4.29. The van der Waals surface area contributed by atoms with E-state index in [0.29, 0.717) is 11.8 Å². The summed E-state index contributed by atoms with van der Waals surface area (Å²) in [5, 5.41) is 3.05. The molecule has 20 heavy (non-hydrogen) atoms. The minimum atomic E-state index is 0.0120. The van der Waals surface area contributed by atoms with Crippen molar-refractivity contribution in [3.05, 3.63) is 29.8 Å². The number of rotatable bonds is 5. The van der Waals surface area contributed by atoms with Crippen LogP contribution in [0.5, 0.6) is 0 Å². The molecule has 0 saturated heterocycles. The molecule has 0 heterocycles. The van der Waals surface area contributed by atoms with Gasteiger partial charge in [-0.2, -0.15) is 0 Å². The molecule has 1 fully saturated rings. The Labute approximate surface area is 121 Å². The van der Waals surface area contributed by atoms with Gasteiger partial charge in [-0.25, -0.2) is 0 Å². The molecule has 0 spiro atoms. The van der Waals surface area contributed by atoms with Crippen molar-refractivity contribution in [1.29, 1.82) is 0 Å². The number of benzene rings is 1. The van der Waals surface area contributed by atoms with Crippen LogP contribution < -0.4 is 16.0 Å². The highest BCUT2D eigenvalue weighted by atomic mass is 16.1. The average molecular weight is 275 g/mol. The second kappa shape index (κ2) is 6.75. The van der Waals surface area contributed by atoms with E-state index in [-0.39, 0.29) is 5.91 Å². The maximum Gasteiger partial charge on any atom is 0.251 e. The third kappa shape index (κ3) is 3.51. The zero-order chi connectivity index (χ0) is 14.5. The van der Waals surface area contributed by atoms with Crippen LogP contribution in [0.15, 0.2) is 24.3 Å². The number of nitrogens with zero attached hydrogens (tertiary/aromatic N) is 1. The van der Waals surface area contributed by atoms with Crippen LogP contribution in [-0.4, -0.2) is 33.1 Å². The van der Waals surface area contributed by atoms with Crippen molar-refractivity contribution in [2.75, 3.05) is 32.1 Å². The maximum absolute atomic E-state index is 12.1. The van der Waals surface area contributed by atoms with Gasteiger partial charge < -0.3 is 16.0 Å². The molecule has 4 heteroatoms. The van der Waals surface area contributed by atoms with Gasteiger partial charge in [0.1, 0.15) is 0 Å². The van der Waals surface area contributed by atoms with Gasteiger partial charge in [0, 0.05) is 31.9 Å². The summed E-state index contributed by atoms with van der Waals surface area (Å²) in [7, 11) is 3.98. The van der Waals surface area contributed by atoms with Gasteiger partial charge in [-0.05, 0) is 55.5 Å². The predicted molar refractivity (Wildman–Crippen MR) is 83.0 cm³/mol. The van der Waals surface area contributed by atoms with E-state index in [1.807, 2.05) is 43.3 Å². The molecule has 110 valence electrons. The predicted octanol–water partition coefficient (Wildman–Crippen LogP) is 1.86. The number of carbonyl (C=O) groups is 1. The van der Waals surface area contributed by atoms with Gasteiger partial charge in [0.2, 0.25) is 0 Å². The molecule has 4 nitrogen and oxygen atoms in total. The van der Waals surface area contributed by atoms with Crippen LogP contribution in [0.25, 0.3) is 0 Å². The molecule has 1 aliphatic rings. The fourth-order valence-electron chi connectivity index (χ4n) is 2.93. The summed E-state index contributed by atoms with van der Waals surface area (Å²) in [5.41, 5.74) is 7.59. The van der Waals surface area contributed by atoms with E-state index >= 15 is 0 Å². The third-order valence-corrected chi connectivity index (χ3v) is 4.29. The number of carbonyl (C=O) groups excluding carboxylic acids is 1. The quantitative estimate of drug-likeness (QED) is 0.862. The van der Waals surface area contributed by atoms with Crippen LogP contribution in [-0.2, 0) is 0 Å². The smallest absolute Gasteiger partial charge is 0.251 e. The fraction of sp³-hybridized carbons (Fsp3) is 0.562. The van der Waals surface area contributed by atoms with Crippen molar-refractivity contribution < 1.29 is 4.79 Å². The van der Waals surface area contributed by atoms with E-state index in [0.717, 1.165) is 24.3 Å². The monoisotopic (exact) mass is 275 g/mol. The lowest BCUT2D eigenvalue weighted by Crippen LogP contribution is -2.32. The van der Waals surface area contributed by atoms with E-state index in [1.54, 1.807) is 0 Å². The number of nitrogens with one attached hydrogen (secondary N) is 1. The number of hydrogen-bond acceptors (Lipinski definition) is 3. The lowest BCUT2D eigenvalue weighted by atomic mass is 9.96. The molecule has 0 aliphatic heterocycles. The number of hydrogen-bond donors (Lipinski definition) is 2. The van der Waals surface area contributed by atoms with E-state index in [9.17, 15) is 4.79 Å². The standard InChI is InChI=1S/C16H25N3O/c1-19(2)15-8-6-12(7-9-15)16(20)18-11-14-5-3-4-13(14)10-17/h6-9,13-14H,3-5,10-11,17H2,1-2H3,(H,18,20). The minimum absolute atomic E-state index is 0.0120. The van der Waals surface area contributed by atoms with Gasteiger partial charge in [-0.3, -0.25) is 4.79 Å². The molecule has 2 rings (SSSR count). The van der Waals surface area contributed by atoms with Crippen molar-refractivity contribution in [2.24, 2.45) is 17.6 Å². The summed E-state index contributed by atoms with van der Waals surface area (Å²) >= 11 is 0. The SMILES string of the molecule is CN(C)c1ccc(C(=O)NCC2CCCC2CN)cc1. The highest BCUT2D eigenvalue weighted by molar-refractivity contribution is 5.94. The molecule has 1 aliphatic carbocycles. The Morgan fingerprint density at radius 1 is 1.25 bits per heavy atom. The first-order valence-electron chi connectivity index (χ1n) is 7.37. The Hall–Kier alpha value is -1.55. The summed E-state index contributed by atoms with van der Waals surface area (Å²) in [6.07, 6.45) is 3.62. The molecule has 0 bridgehead atoms. The Balaban J connectivity index is 1.88. The normalized spacial score (nSPS) is 21.8. The molecule has 2 unspecified atom stereocenters. The number of nitrogens with two attached hydrogens (primary N) is 1. The van der Waals surface area contributed by atoms with Crippen molar-refractivity contribution in [3.8, 4) is 0 Å². The Kier molecular flexibility index (Phi) is 5.01. The van der Waals surface area contributed by atoms with Gasteiger partial charge in [0.25, 0.3) is 5.91 Å². The lowest BCUT2D eigenvalue weighted by molar-refractivity contribution is 0.0944. The van der Waals surface area contributed by atoms with Gasteiger partial charge in [-0.1, -0.05) is 6.42 Å². The van der Waals surface area contributed by atoms with E-state index < -0.39 is 0 Å². The van der Waals surface area contributed by atoms with E-state index in [2.05, 4.69) is 5.32 Å². The molecule has 1 aromatic rings. The first-order valence-corrected chi connectivity index (χ1v) is 7.37. The topological polar surface area (TPSA) is 58.4 Å². The zero-order valence-electron chi connectivity index (χ0n) is 12.4. The molecule has 2 atom stereocenters.